The number of hydrogen-bond donors (Lipinski definition) is 1. The summed E-state index contributed by atoms with van der Waals surface area (Å²) in [6, 6.07) is 0. The molecule has 0 saturated heterocycles. The molecule has 10 heavy (non-hydrogen) atoms. The summed E-state index contributed by atoms with van der Waals surface area (Å²) in [7, 11) is 0. The van der Waals surface area contributed by atoms with Crippen LogP contribution in [0.1, 0.15) is 0 Å². The molecule has 5 heteroatoms. The molecule has 0 fully saturated rings. The zero-order valence-electron chi connectivity index (χ0n) is 4.81. The van der Waals surface area contributed by atoms with Crippen LogP contribution in [-0.2, 0) is 0 Å². The average Bonchev–Trinajstić information content (AvgIpc) is 1.88. The molecule has 0 aliphatic carbocycles. The third-order valence-electron chi connectivity index (χ3n) is 0.880. The summed E-state index contributed by atoms with van der Waals surface area (Å²) < 4.78 is 35.1. The first-order chi connectivity index (χ1) is 4.61. The van der Waals surface area contributed by atoms with Crippen LogP contribution in [0.5, 0.6) is 0 Å². The molecule has 0 atom stereocenters. The Hall–Kier alpha value is -1.13. The van der Waals surface area contributed by atoms with Gasteiger partial charge in [0.05, 0.1) is 0 Å². The summed E-state index contributed by atoms with van der Waals surface area (Å²) in [5, 5.41) is 0.0312. The predicted octanol–water partition coefficient (Wildman–Crippen LogP) is 1.16. The molecule has 0 aromatic heterocycles. The van der Waals surface area contributed by atoms with Gasteiger partial charge in [-0.15, -0.1) is 13.2 Å². The van der Waals surface area contributed by atoms with E-state index in [4.69, 9.17) is 0 Å². The zero-order chi connectivity index (χ0) is 7.61. The lowest BCUT2D eigenvalue weighted by molar-refractivity contribution is -0.240. The number of allylic oxidation sites excluding steroid dienone is 2. The van der Waals surface area contributed by atoms with Gasteiger partial charge in [0, 0.05) is 18.5 Å². The topological polar surface area (TPSA) is 15.3 Å². The van der Waals surface area contributed by atoms with Crippen LogP contribution in [0.4, 0.5) is 13.2 Å². The van der Waals surface area contributed by atoms with Crippen LogP contribution in [0.3, 0.4) is 0 Å². The molecule has 1 heterocycles. The largest absolute Gasteiger partial charge is 0.502 e. The van der Waals surface area contributed by atoms with Crippen molar-refractivity contribution in [3.05, 3.63) is 24.6 Å². The Morgan fingerprint density at radius 1 is 1.40 bits per heavy atom. The van der Waals surface area contributed by atoms with E-state index in [1.54, 1.807) is 0 Å². The molecule has 1 rings (SSSR count). The average molecular weight is 149 g/mol. The van der Waals surface area contributed by atoms with Gasteiger partial charge in [0.15, 0.2) is 0 Å². The van der Waals surface area contributed by atoms with Crippen LogP contribution in [-0.4, -0.2) is 11.3 Å². The van der Waals surface area contributed by atoms with E-state index in [9.17, 15) is 13.2 Å². The maximum absolute atomic E-state index is 11.7. The number of nitrogens with zero attached hydrogens (tertiary/aromatic N) is 1. The van der Waals surface area contributed by atoms with Crippen LogP contribution < -0.4 is 5.43 Å². The lowest BCUT2D eigenvalue weighted by Crippen LogP contribution is -2.42. The Labute approximate surface area is 55.6 Å². The Bertz CT molecular complexity index is 170. The standard InChI is InChI=1S/C5H4F3N2/c6-5(7,8)10-4-2-1-3-9-10/h2-4,9H. The van der Waals surface area contributed by atoms with Crippen LogP contribution in [0, 0.1) is 6.08 Å². The van der Waals surface area contributed by atoms with E-state index in [-0.39, 0.29) is 5.01 Å². The highest BCUT2D eigenvalue weighted by molar-refractivity contribution is 4.98. The van der Waals surface area contributed by atoms with E-state index in [0.29, 0.717) is 0 Å². The summed E-state index contributed by atoms with van der Waals surface area (Å²) in [6.07, 6.45) is 1.16. The fraction of sp³-hybridized carbons (Fsp3) is 0.200. The van der Waals surface area contributed by atoms with Crippen LogP contribution in [0.15, 0.2) is 18.5 Å². The van der Waals surface area contributed by atoms with Crippen molar-refractivity contribution in [1.29, 1.82) is 0 Å². The molecule has 0 amide bonds. The molecule has 0 spiro atoms. The quantitative estimate of drug-likeness (QED) is 0.520. The van der Waals surface area contributed by atoms with Gasteiger partial charge < -0.3 is 0 Å². The van der Waals surface area contributed by atoms with Crippen molar-refractivity contribution < 1.29 is 13.2 Å². The van der Waals surface area contributed by atoms with Crippen molar-refractivity contribution in [1.82, 2.24) is 10.4 Å². The molecule has 1 radical (unpaired) electrons. The molecule has 0 saturated carbocycles. The van der Waals surface area contributed by atoms with E-state index < -0.39 is 6.30 Å². The second kappa shape index (κ2) is 2.24. The number of hydrazine groups is 1. The third-order valence-corrected chi connectivity index (χ3v) is 0.880. The summed E-state index contributed by atoms with van der Waals surface area (Å²) in [6.45, 7) is 0. The molecule has 1 aliphatic heterocycles. The molecule has 0 bridgehead atoms. The Kier molecular flexibility index (Phi) is 1.57. The first-order valence-corrected chi connectivity index (χ1v) is 2.47. The van der Waals surface area contributed by atoms with E-state index in [1.165, 1.54) is 6.08 Å². The van der Waals surface area contributed by atoms with Crippen LogP contribution in [0.25, 0.3) is 0 Å². The third kappa shape index (κ3) is 1.43. The normalized spacial score (nSPS) is 17.3. The Balaban J connectivity index is 2.60. The van der Waals surface area contributed by atoms with E-state index in [2.05, 4.69) is 6.08 Å². The number of rotatable bonds is 0. The maximum atomic E-state index is 11.7. The summed E-state index contributed by atoms with van der Waals surface area (Å²) in [4.78, 5) is 0. The minimum absolute atomic E-state index is 0.0312. The predicted molar refractivity (Wildman–Crippen MR) is 28.0 cm³/mol. The summed E-state index contributed by atoms with van der Waals surface area (Å²) in [5.74, 6) is 0. The SMILES string of the molecule is FC(F)(F)N1C=C[C]=CN1. The molecule has 1 N–H and O–H groups in total. The zero-order valence-corrected chi connectivity index (χ0v) is 4.81. The molecule has 0 aromatic rings. The van der Waals surface area contributed by atoms with Gasteiger partial charge in [-0.05, 0) is 6.08 Å². The van der Waals surface area contributed by atoms with Crippen molar-refractivity contribution in [3.8, 4) is 0 Å². The monoisotopic (exact) mass is 149 g/mol. The number of hydrogen-bond acceptors (Lipinski definition) is 2. The van der Waals surface area contributed by atoms with E-state index in [0.717, 1.165) is 12.4 Å². The second-order valence-corrected chi connectivity index (χ2v) is 1.59. The lowest BCUT2D eigenvalue weighted by Gasteiger charge is -2.23. The minimum Gasteiger partial charge on any atom is -0.298 e. The van der Waals surface area contributed by atoms with Crippen LogP contribution >= 0.6 is 0 Å². The van der Waals surface area contributed by atoms with Gasteiger partial charge in [-0.25, -0.2) is 5.01 Å². The molecule has 1 aliphatic rings. The van der Waals surface area contributed by atoms with Gasteiger partial charge in [0.25, 0.3) is 0 Å². The number of nitrogens with one attached hydrogen (secondary N) is 1. The van der Waals surface area contributed by atoms with Gasteiger partial charge in [-0.2, -0.15) is 0 Å². The highest BCUT2D eigenvalue weighted by atomic mass is 19.4. The summed E-state index contributed by atoms with van der Waals surface area (Å²) in [5.41, 5.74) is 1.94. The smallest absolute Gasteiger partial charge is 0.298 e. The van der Waals surface area contributed by atoms with Gasteiger partial charge in [-0.1, -0.05) is 0 Å². The van der Waals surface area contributed by atoms with Gasteiger partial charge >= 0.3 is 6.30 Å². The second-order valence-electron chi connectivity index (χ2n) is 1.59. The highest BCUT2D eigenvalue weighted by Crippen LogP contribution is 2.19. The molecular formula is C5H4F3N2. The minimum atomic E-state index is -4.37. The number of halogens is 3. The maximum Gasteiger partial charge on any atom is 0.502 e. The van der Waals surface area contributed by atoms with Crippen molar-refractivity contribution in [2.75, 3.05) is 0 Å². The molecule has 2 nitrogen and oxygen atoms in total. The molecular weight excluding hydrogens is 145 g/mol. The lowest BCUT2D eigenvalue weighted by atomic mass is 10.5. The first kappa shape index (κ1) is 6.98. The van der Waals surface area contributed by atoms with Crippen molar-refractivity contribution >= 4 is 0 Å². The first-order valence-electron chi connectivity index (χ1n) is 2.47. The van der Waals surface area contributed by atoms with Gasteiger partial charge in [-0.3, -0.25) is 5.43 Å². The van der Waals surface area contributed by atoms with Gasteiger partial charge in [0.1, 0.15) is 0 Å². The molecule has 55 valence electrons. The van der Waals surface area contributed by atoms with Crippen molar-refractivity contribution in [2.24, 2.45) is 0 Å². The fourth-order valence-electron chi connectivity index (χ4n) is 0.473. The highest BCUT2D eigenvalue weighted by Gasteiger charge is 2.35. The van der Waals surface area contributed by atoms with E-state index in [1.807, 2.05) is 5.43 Å². The fourth-order valence-corrected chi connectivity index (χ4v) is 0.473. The summed E-state index contributed by atoms with van der Waals surface area (Å²) >= 11 is 0. The number of alkyl halides is 3. The van der Waals surface area contributed by atoms with E-state index >= 15 is 0 Å². The molecule has 0 aromatic carbocycles. The van der Waals surface area contributed by atoms with Crippen LogP contribution in [0.2, 0.25) is 0 Å². The van der Waals surface area contributed by atoms with Crippen molar-refractivity contribution in [2.45, 2.75) is 6.30 Å². The molecule has 0 unspecified atom stereocenters. The Morgan fingerprint density at radius 2 is 2.10 bits per heavy atom. The van der Waals surface area contributed by atoms with Gasteiger partial charge in [0.2, 0.25) is 0 Å². The Morgan fingerprint density at radius 3 is 2.40 bits per heavy atom. The van der Waals surface area contributed by atoms with Crippen molar-refractivity contribution in [3.63, 3.8) is 0 Å².